The molecule has 0 aromatic carbocycles. The molecule has 0 aromatic heterocycles. The number of allylic oxidation sites excluding steroid dienone is 20. The van der Waals surface area contributed by atoms with Gasteiger partial charge in [-0.2, -0.15) is 0 Å². The highest BCUT2D eigenvalue weighted by Gasteiger charge is 2.50. The highest BCUT2D eigenvalue weighted by Crippen LogP contribution is 2.26. The molecule has 0 saturated carbocycles. The first-order chi connectivity index (χ1) is 37.6. The molecule has 0 spiro atoms. The summed E-state index contributed by atoms with van der Waals surface area (Å²) in [4.78, 5) is 51.1. The molecular formula is C65H102O12. The summed E-state index contributed by atoms with van der Waals surface area (Å²) in [5.74, 6) is -3.25. The monoisotopic (exact) mass is 1070 g/mol. The lowest BCUT2D eigenvalue weighted by Crippen LogP contribution is -2.61. The van der Waals surface area contributed by atoms with Crippen LogP contribution in [0.25, 0.3) is 0 Å². The number of aliphatic carboxylic acids is 1. The Kier molecular flexibility index (Phi) is 47.2. The fourth-order valence-electron chi connectivity index (χ4n) is 8.04. The maximum Gasteiger partial charge on any atom is 0.335 e. The van der Waals surface area contributed by atoms with E-state index in [1.807, 2.05) is 12.2 Å². The fourth-order valence-corrected chi connectivity index (χ4v) is 8.04. The summed E-state index contributed by atoms with van der Waals surface area (Å²) in [5.41, 5.74) is 0. The average molecular weight is 1080 g/mol. The summed E-state index contributed by atoms with van der Waals surface area (Å²) in [7, 11) is 0. The predicted octanol–water partition coefficient (Wildman–Crippen LogP) is 15.2. The van der Waals surface area contributed by atoms with Crippen LogP contribution in [-0.2, 0) is 42.9 Å². The van der Waals surface area contributed by atoms with Gasteiger partial charge in [0.1, 0.15) is 18.8 Å². The Hall–Kier alpha value is -4.88. The third-order valence-electron chi connectivity index (χ3n) is 12.5. The molecular weight excluding hydrogens is 973 g/mol. The van der Waals surface area contributed by atoms with E-state index >= 15 is 0 Å². The third kappa shape index (κ3) is 41.8. The Morgan fingerprint density at radius 2 is 0.831 bits per heavy atom. The standard InChI is InChI=1S/C65H102O12/c1-4-7-10-13-16-19-22-25-27-29-31-34-36-39-42-45-48-51-57(66)73-54-56(75-58(67)52-49-46-43-40-37-33-24-21-18-15-12-9-6-3)55-74-65-63(61(70)60(69)62(77-65)64(71)72)76-59(68)53-50-47-44-41-38-35-32-30-28-26-23-20-17-14-11-8-5-2/h7-8,10-12,15-17,19-21,24-28,32,35,41,44,56,60-63,65,69-70H,4-6,9,13-14,18,22-23,29-31,33-34,36-40,42-43,45-55H2,1-3H3,(H,71,72)/b10-7-,11-8-,15-12-,19-16-,20-17-,24-21-,27-25-,28-26-,35-32-,44-41-. The van der Waals surface area contributed by atoms with Crippen LogP contribution < -0.4 is 0 Å². The van der Waals surface area contributed by atoms with Crippen molar-refractivity contribution >= 4 is 23.9 Å². The molecule has 1 heterocycles. The van der Waals surface area contributed by atoms with Crippen molar-refractivity contribution in [3.63, 3.8) is 0 Å². The van der Waals surface area contributed by atoms with Crippen molar-refractivity contribution in [2.24, 2.45) is 0 Å². The van der Waals surface area contributed by atoms with Gasteiger partial charge in [0.05, 0.1) is 6.61 Å². The second-order valence-corrected chi connectivity index (χ2v) is 19.5. The number of esters is 3. The first kappa shape index (κ1) is 70.1. The van der Waals surface area contributed by atoms with Gasteiger partial charge in [-0.15, -0.1) is 0 Å². The molecule has 0 amide bonds. The zero-order valence-electron chi connectivity index (χ0n) is 47.7. The van der Waals surface area contributed by atoms with Gasteiger partial charge in [-0.05, 0) is 116 Å². The SMILES string of the molecule is CC/C=C\C/C=C\C/C=C\C/C=C\C/C=C\CCCC(=O)OC1C(OCC(COC(=O)CCCCCCCCC/C=C\C/C=C\C/C=C\CC)OC(=O)CCCCCCC/C=C\C/C=C\CCC)OC(C(=O)O)C(O)C1O. The molecule has 77 heavy (non-hydrogen) atoms. The highest BCUT2D eigenvalue weighted by atomic mass is 16.7. The van der Waals surface area contributed by atoms with Gasteiger partial charge in [0, 0.05) is 19.3 Å². The van der Waals surface area contributed by atoms with E-state index in [0.717, 1.165) is 141 Å². The van der Waals surface area contributed by atoms with Crippen molar-refractivity contribution in [3.05, 3.63) is 122 Å². The number of aliphatic hydroxyl groups is 2. The van der Waals surface area contributed by atoms with Gasteiger partial charge in [-0.3, -0.25) is 14.4 Å². The van der Waals surface area contributed by atoms with Crippen molar-refractivity contribution in [3.8, 4) is 0 Å². The first-order valence-corrected chi connectivity index (χ1v) is 29.5. The highest BCUT2D eigenvalue weighted by molar-refractivity contribution is 5.74. The number of ether oxygens (including phenoxy) is 5. The number of carbonyl (C=O) groups excluding carboxylic acids is 3. The molecule has 0 aromatic rings. The molecule has 0 aliphatic carbocycles. The lowest BCUT2D eigenvalue weighted by molar-refractivity contribution is -0.301. The van der Waals surface area contributed by atoms with Crippen molar-refractivity contribution < 1.29 is 58.2 Å². The zero-order chi connectivity index (χ0) is 56.1. The number of hydrogen-bond donors (Lipinski definition) is 3. The summed E-state index contributed by atoms with van der Waals surface area (Å²) in [6.45, 7) is 5.64. The van der Waals surface area contributed by atoms with Crippen LogP contribution in [0.15, 0.2) is 122 Å². The van der Waals surface area contributed by atoms with E-state index in [-0.39, 0.29) is 25.9 Å². The van der Waals surface area contributed by atoms with Crippen LogP contribution in [0.3, 0.4) is 0 Å². The molecule has 0 radical (unpaired) electrons. The summed E-state index contributed by atoms with van der Waals surface area (Å²) in [5, 5.41) is 31.5. The Balaban J connectivity index is 2.74. The number of carboxylic acids is 1. The molecule has 0 bridgehead atoms. The number of aliphatic hydroxyl groups excluding tert-OH is 2. The van der Waals surface area contributed by atoms with E-state index in [0.29, 0.717) is 25.7 Å². The van der Waals surface area contributed by atoms with Gasteiger partial charge < -0.3 is 39.0 Å². The van der Waals surface area contributed by atoms with Crippen LogP contribution in [0, 0.1) is 0 Å². The third-order valence-corrected chi connectivity index (χ3v) is 12.5. The van der Waals surface area contributed by atoms with Crippen molar-refractivity contribution in [2.75, 3.05) is 13.2 Å². The largest absolute Gasteiger partial charge is 0.479 e. The Morgan fingerprint density at radius 1 is 0.442 bits per heavy atom. The molecule has 1 saturated heterocycles. The van der Waals surface area contributed by atoms with E-state index in [9.17, 15) is 34.5 Å². The normalized spacial score (nSPS) is 18.9. The lowest BCUT2D eigenvalue weighted by Gasteiger charge is -2.40. The molecule has 6 unspecified atom stereocenters. The minimum Gasteiger partial charge on any atom is -0.479 e. The molecule has 12 heteroatoms. The molecule has 3 N–H and O–H groups in total. The van der Waals surface area contributed by atoms with Gasteiger partial charge in [0.2, 0.25) is 0 Å². The Bertz CT molecular complexity index is 1800. The number of unbranched alkanes of at least 4 members (excludes halogenated alkanes) is 14. The summed E-state index contributed by atoms with van der Waals surface area (Å²) in [6, 6.07) is 0. The maximum atomic E-state index is 13.1. The predicted molar refractivity (Wildman–Crippen MR) is 312 cm³/mol. The Morgan fingerprint density at radius 3 is 1.29 bits per heavy atom. The number of carboxylic acid groups (broad SMARTS) is 1. The minimum absolute atomic E-state index is 0.0266. The molecule has 1 aliphatic rings. The molecule has 1 fully saturated rings. The van der Waals surface area contributed by atoms with E-state index in [4.69, 9.17) is 23.7 Å². The smallest absolute Gasteiger partial charge is 0.335 e. The van der Waals surface area contributed by atoms with Crippen LogP contribution in [0.4, 0.5) is 0 Å². The second-order valence-electron chi connectivity index (χ2n) is 19.5. The molecule has 6 atom stereocenters. The lowest BCUT2D eigenvalue weighted by atomic mass is 9.98. The fraction of sp³-hybridized carbons (Fsp3) is 0.631. The zero-order valence-corrected chi connectivity index (χ0v) is 47.7. The molecule has 1 aliphatic heterocycles. The first-order valence-electron chi connectivity index (χ1n) is 29.5. The number of hydrogen-bond acceptors (Lipinski definition) is 11. The van der Waals surface area contributed by atoms with Crippen LogP contribution >= 0.6 is 0 Å². The molecule has 434 valence electrons. The summed E-state index contributed by atoms with van der Waals surface area (Å²) < 4.78 is 28.3. The molecule has 1 rings (SSSR count). The van der Waals surface area contributed by atoms with Crippen LogP contribution in [-0.4, -0.2) is 89.2 Å². The van der Waals surface area contributed by atoms with Gasteiger partial charge in [-0.1, -0.05) is 200 Å². The summed E-state index contributed by atoms with van der Waals surface area (Å²) in [6.07, 6.45) is 58.8. The van der Waals surface area contributed by atoms with Crippen molar-refractivity contribution in [1.29, 1.82) is 0 Å². The van der Waals surface area contributed by atoms with Gasteiger partial charge in [0.15, 0.2) is 24.6 Å². The van der Waals surface area contributed by atoms with Crippen LogP contribution in [0.2, 0.25) is 0 Å². The summed E-state index contributed by atoms with van der Waals surface area (Å²) >= 11 is 0. The Labute approximate surface area is 465 Å². The van der Waals surface area contributed by atoms with Gasteiger partial charge in [0.25, 0.3) is 0 Å². The molecule has 12 nitrogen and oxygen atoms in total. The number of rotatable bonds is 48. The topological polar surface area (TPSA) is 175 Å². The number of carbonyl (C=O) groups is 4. The van der Waals surface area contributed by atoms with Crippen LogP contribution in [0.1, 0.15) is 213 Å². The minimum atomic E-state index is -1.93. The quantitative estimate of drug-likeness (QED) is 0.0228. The van der Waals surface area contributed by atoms with Gasteiger partial charge in [-0.25, -0.2) is 4.79 Å². The van der Waals surface area contributed by atoms with E-state index in [2.05, 4.69) is 130 Å². The second kappa shape index (κ2) is 51.9. The van der Waals surface area contributed by atoms with Crippen molar-refractivity contribution in [1.82, 2.24) is 0 Å². The van der Waals surface area contributed by atoms with E-state index < -0.39 is 67.3 Å². The average Bonchev–Trinajstić information content (AvgIpc) is 3.42. The van der Waals surface area contributed by atoms with E-state index in [1.165, 1.54) is 6.42 Å². The van der Waals surface area contributed by atoms with Gasteiger partial charge >= 0.3 is 23.9 Å². The van der Waals surface area contributed by atoms with Crippen molar-refractivity contribution in [2.45, 2.75) is 250 Å². The van der Waals surface area contributed by atoms with Crippen LogP contribution in [0.5, 0.6) is 0 Å². The van der Waals surface area contributed by atoms with E-state index in [1.54, 1.807) is 0 Å². The maximum absolute atomic E-state index is 13.1.